The molecule has 0 bridgehead atoms. The Morgan fingerprint density at radius 3 is 2.89 bits per heavy atom. The third-order valence-corrected chi connectivity index (χ3v) is 4.24. The smallest absolute Gasteiger partial charge is 0.236 e. The molecule has 5 heteroatoms. The largest absolute Gasteiger partial charge is 0.339 e. The van der Waals surface area contributed by atoms with Crippen molar-refractivity contribution in [1.82, 2.24) is 15.1 Å². The average Bonchev–Trinajstić information content (AvgIpc) is 2.92. The van der Waals surface area contributed by atoms with E-state index >= 15 is 0 Å². The molecule has 1 N–H and O–H groups in total. The van der Waals surface area contributed by atoms with Crippen LogP contribution in [-0.2, 0) is 4.79 Å². The fourth-order valence-corrected chi connectivity index (χ4v) is 2.88. The molecular weight excluding hydrogens is 246 g/mol. The Kier molecular flexibility index (Phi) is 4.74. The summed E-state index contributed by atoms with van der Waals surface area (Å²) in [6.45, 7) is 6.13. The number of nitrogens with one attached hydrogen (secondary N) is 1. The number of likely N-dealkylation sites (N-methyl/N-ethyl adjacent to an activating group) is 1. The third kappa shape index (κ3) is 3.31. The summed E-state index contributed by atoms with van der Waals surface area (Å²) in [5, 5.41) is 7.49. The highest BCUT2D eigenvalue weighted by molar-refractivity contribution is 7.07. The Labute approximate surface area is 113 Å². The van der Waals surface area contributed by atoms with Crippen LogP contribution in [0.5, 0.6) is 0 Å². The molecule has 2 rings (SSSR count). The number of hydrogen-bond acceptors (Lipinski definition) is 4. The summed E-state index contributed by atoms with van der Waals surface area (Å²) in [6, 6.07) is 2.42. The van der Waals surface area contributed by atoms with Crippen LogP contribution in [0.2, 0.25) is 0 Å². The number of piperazine rings is 1. The molecule has 0 saturated carbocycles. The normalized spacial score (nSPS) is 18.1. The topological polar surface area (TPSA) is 35.6 Å². The summed E-state index contributed by atoms with van der Waals surface area (Å²) in [4.78, 5) is 16.2. The van der Waals surface area contributed by atoms with Gasteiger partial charge in [0.15, 0.2) is 0 Å². The van der Waals surface area contributed by atoms with Crippen LogP contribution in [0, 0.1) is 0 Å². The Morgan fingerprint density at radius 2 is 2.28 bits per heavy atom. The van der Waals surface area contributed by atoms with Gasteiger partial charge in [0.1, 0.15) is 0 Å². The fraction of sp³-hybridized carbons (Fsp3) is 0.615. The molecule has 100 valence electrons. The van der Waals surface area contributed by atoms with Crippen LogP contribution in [0.25, 0.3) is 0 Å². The summed E-state index contributed by atoms with van der Waals surface area (Å²) in [5.74, 6) is 0.237. The maximum Gasteiger partial charge on any atom is 0.236 e. The van der Waals surface area contributed by atoms with E-state index in [1.54, 1.807) is 11.3 Å². The second-order valence-corrected chi connectivity index (χ2v) is 5.56. The van der Waals surface area contributed by atoms with Crippen LogP contribution >= 0.6 is 11.3 Å². The van der Waals surface area contributed by atoms with E-state index in [1.165, 1.54) is 5.56 Å². The molecule has 1 aromatic heterocycles. The van der Waals surface area contributed by atoms with E-state index in [4.69, 9.17) is 0 Å². The number of hydrogen-bond donors (Lipinski definition) is 1. The van der Waals surface area contributed by atoms with E-state index in [0.717, 1.165) is 26.2 Å². The first kappa shape index (κ1) is 13.5. The predicted octanol–water partition coefficient (Wildman–Crippen LogP) is 1.17. The summed E-state index contributed by atoms with van der Waals surface area (Å²) < 4.78 is 0. The van der Waals surface area contributed by atoms with Gasteiger partial charge in [0.2, 0.25) is 5.91 Å². The zero-order chi connectivity index (χ0) is 13.0. The van der Waals surface area contributed by atoms with E-state index < -0.39 is 0 Å². The highest BCUT2D eigenvalue weighted by Crippen LogP contribution is 2.20. The molecule has 1 saturated heterocycles. The van der Waals surface area contributed by atoms with Crippen LogP contribution in [-0.4, -0.2) is 55.5 Å². The summed E-state index contributed by atoms with van der Waals surface area (Å²) in [5.41, 5.74) is 1.29. The Morgan fingerprint density at radius 1 is 1.56 bits per heavy atom. The van der Waals surface area contributed by atoms with Crippen molar-refractivity contribution in [2.24, 2.45) is 0 Å². The minimum Gasteiger partial charge on any atom is -0.339 e. The van der Waals surface area contributed by atoms with Gasteiger partial charge in [-0.3, -0.25) is 9.69 Å². The molecule has 0 spiro atoms. The molecule has 1 aliphatic rings. The SMILES string of the molecule is CC(c1ccsc1)N(C)CC(=O)N1CCNCC1. The van der Waals surface area contributed by atoms with Crippen molar-refractivity contribution in [1.29, 1.82) is 0 Å². The average molecular weight is 267 g/mol. The van der Waals surface area contributed by atoms with Gasteiger partial charge in [-0.15, -0.1) is 0 Å². The lowest BCUT2D eigenvalue weighted by Gasteiger charge is -2.31. The van der Waals surface area contributed by atoms with Crippen LogP contribution in [0.1, 0.15) is 18.5 Å². The van der Waals surface area contributed by atoms with Gasteiger partial charge in [-0.05, 0) is 36.4 Å². The van der Waals surface area contributed by atoms with Crippen molar-refractivity contribution in [2.45, 2.75) is 13.0 Å². The molecule has 0 aromatic carbocycles. The first-order valence-electron chi connectivity index (χ1n) is 6.39. The minimum absolute atomic E-state index is 0.237. The molecule has 1 aromatic rings. The van der Waals surface area contributed by atoms with E-state index in [0.29, 0.717) is 12.6 Å². The van der Waals surface area contributed by atoms with Gasteiger partial charge in [0.25, 0.3) is 0 Å². The third-order valence-electron chi connectivity index (χ3n) is 3.54. The van der Waals surface area contributed by atoms with Crippen molar-refractivity contribution in [2.75, 3.05) is 39.8 Å². The van der Waals surface area contributed by atoms with Gasteiger partial charge in [0, 0.05) is 32.2 Å². The van der Waals surface area contributed by atoms with Crippen molar-refractivity contribution in [3.63, 3.8) is 0 Å². The second kappa shape index (κ2) is 6.31. The highest BCUT2D eigenvalue weighted by atomic mass is 32.1. The van der Waals surface area contributed by atoms with Gasteiger partial charge >= 0.3 is 0 Å². The molecule has 0 aliphatic carbocycles. The number of carbonyl (C=O) groups is 1. The molecule has 4 nitrogen and oxygen atoms in total. The van der Waals surface area contributed by atoms with Gasteiger partial charge in [-0.2, -0.15) is 11.3 Å². The van der Waals surface area contributed by atoms with Crippen LogP contribution in [0.3, 0.4) is 0 Å². The summed E-state index contributed by atoms with van der Waals surface area (Å²) >= 11 is 1.70. The monoisotopic (exact) mass is 267 g/mol. The van der Waals surface area contributed by atoms with Crippen molar-refractivity contribution in [3.05, 3.63) is 22.4 Å². The number of nitrogens with zero attached hydrogens (tertiary/aromatic N) is 2. The summed E-state index contributed by atoms with van der Waals surface area (Å²) in [7, 11) is 2.02. The lowest BCUT2D eigenvalue weighted by atomic mass is 10.1. The lowest BCUT2D eigenvalue weighted by molar-refractivity contribution is -0.133. The molecule has 1 atom stereocenters. The Hall–Kier alpha value is -0.910. The fourth-order valence-electron chi connectivity index (χ4n) is 2.13. The quantitative estimate of drug-likeness (QED) is 0.889. The van der Waals surface area contributed by atoms with Gasteiger partial charge in [-0.1, -0.05) is 0 Å². The predicted molar refractivity (Wildman–Crippen MR) is 74.8 cm³/mol. The second-order valence-electron chi connectivity index (χ2n) is 4.78. The van der Waals surface area contributed by atoms with Gasteiger partial charge < -0.3 is 10.2 Å². The number of amides is 1. The van der Waals surface area contributed by atoms with Crippen LogP contribution in [0.15, 0.2) is 16.8 Å². The maximum atomic E-state index is 12.1. The first-order chi connectivity index (χ1) is 8.68. The van der Waals surface area contributed by atoms with Gasteiger partial charge in [0.05, 0.1) is 6.54 Å². The molecule has 18 heavy (non-hydrogen) atoms. The van der Waals surface area contributed by atoms with Gasteiger partial charge in [-0.25, -0.2) is 0 Å². The van der Waals surface area contributed by atoms with Crippen LogP contribution in [0.4, 0.5) is 0 Å². The zero-order valence-electron chi connectivity index (χ0n) is 11.1. The molecule has 1 fully saturated rings. The zero-order valence-corrected chi connectivity index (χ0v) is 11.9. The van der Waals surface area contributed by atoms with Crippen molar-refractivity contribution >= 4 is 17.2 Å². The van der Waals surface area contributed by atoms with Crippen molar-refractivity contribution < 1.29 is 4.79 Å². The van der Waals surface area contributed by atoms with E-state index in [1.807, 2.05) is 11.9 Å². The molecular formula is C13H21N3OS. The first-order valence-corrected chi connectivity index (χ1v) is 7.33. The highest BCUT2D eigenvalue weighted by Gasteiger charge is 2.20. The van der Waals surface area contributed by atoms with E-state index in [-0.39, 0.29) is 5.91 Å². The summed E-state index contributed by atoms with van der Waals surface area (Å²) in [6.07, 6.45) is 0. The number of carbonyl (C=O) groups excluding carboxylic acids is 1. The Balaban J connectivity index is 1.86. The molecule has 2 heterocycles. The lowest BCUT2D eigenvalue weighted by Crippen LogP contribution is -2.49. The van der Waals surface area contributed by atoms with E-state index in [2.05, 4.69) is 34.0 Å². The number of rotatable bonds is 4. The minimum atomic E-state index is 0.237. The molecule has 0 radical (unpaired) electrons. The molecule has 1 amide bonds. The standard InChI is InChI=1S/C13H21N3OS/c1-11(12-3-8-18-10-12)15(2)9-13(17)16-6-4-14-5-7-16/h3,8,10-11,14H,4-7,9H2,1-2H3. The van der Waals surface area contributed by atoms with E-state index in [9.17, 15) is 4.79 Å². The Bertz CT molecular complexity index is 374. The molecule has 1 aliphatic heterocycles. The van der Waals surface area contributed by atoms with Crippen LogP contribution < -0.4 is 5.32 Å². The number of thiophene rings is 1. The molecule has 1 unspecified atom stereocenters. The van der Waals surface area contributed by atoms with Crippen molar-refractivity contribution in [3.8, 4) is 0 Å². The maximum absolute atomic E-state index is 12.1.